The van der Waals surface area contributed by atoms with Crippen LogP contribution < -0.4 is 5.32 Å². The monoisotopic (exact) mass is 384 g/mol. The molecule has 2 N–H and O–H groups in total. The standard InChI is InChI=1S/C21H25ClN4O/c1-12(19(24)18-16(22)4-3-5-17(18)25-2)20(27)26-14-6-13-7-15(26)10-21(8-13,9-14)11-23/h3-5,12-15,24-25H,6-10H2,1-2H3. The fourth-order valence-electron chi connectivity index (χ4n) is 5.69. The lowest BCUT2D eigenvalue weighted by molar-refractivity contribution is -0.155. The van der Waals surface area contributed by atoms with Crippen molar-refractivity contribution in [1.29, 1.82) is 10.7 Å². The van der Waals surface area contributed by atoms with E-state index in [0.717, 1.165) is 37.8 Å². The molecule has 2 saturated carbocycles. The van der Waals surface area contributed by atoms with Crippen LogP contribution in [0.5, 0.6) is 0 Å². The van der Waals surface area contributed by atoms with Crippen molar-refractivity contribution in [2.24, 2.45) is 17.3 Å². The van der Waals surface area contributed by atoms with Gasteiger partial charge < -0.3 is 15.6 Å². The maximum atomic E-state index is 13.4. The van der Waals surface area contributed by atoms with E-state index in [1.54, 1.807) is 20.0 Å². The van der Waals surface area contributed by atoms with E-state index in [0.29, 0.717) is 16.5 Å². The van der Waals surface area contributed by atoms with Gasteiger partial charge in [-0.1, -0.05) is 17.7 Å². The number of piperidine rings is 2. The van der Waals surface area contributed by atoms with E-state index < -0.39 is 5.92 Å². The second-order valence-corrected chi connectivity index (χ2v) is 8.85. The number of hydrogen-bond donors (Lipinski definition) is 2. The number of halogens is 1. The van der Waals surface area contributed by atoms with Crippen molar-refractivity contribution in [2.75, 3.05) is 12.4 Å². The first-order chi connectivity index (χ1) is 12.9. The predicted octanol–water partition coefficient (Wildman–Crippen LogP) is 4.07. The molecule has 0 radical (unpaired) electrons. The lowest BCUT2D eigenvalue weighted by Gasteiger charge is -2.59. The number of rotatable bonds is 4. The highest BCUT2D eigenvalue weighted by molar-refractivity contribution is 6.35. The number of carbonyl (C=O) groups excluding carboxylic acids is 1. The minimum absolute atomic E-state index is 0.00358. The van der Waals surface area contributed by atoms with Gasteiger partial charge in [0, 0.05) is 30.4 Å². The molecule has 1 amide bonds. The van der Waals surface area contributed by atoms with E-state index in [9.17, 15) is 10.1 Å². The Bertz CT molecular complexity index is 829. The first kappa shape index (κ1) is 18.3. The van der Waals surface area contributed by atoms with Crippen LogP contribution in [0.25, 0.3) is 0 Å². The van der Waals surface area contributed by atoms with Crippen LogP contribution in [0.3, 0.4) is 0 Å². The van der Waals surface area contributed by atoms with Gasteiger partial charge in [0.1, 0.15) is 0 Å². The van der Waals surface area contributed by atoms with Gasteiger partial charge in [-0.2, -0.15) is 5.26 Å². The Morgan fingerprint density at radius 1 is 1.37 bits per heavy atom. The van der Waals surface area contributed by atoms with Crippen molar-refractivity contribution in [3.63, 3.8) is 0 Å². The average molecular weight is 385 g/mol. The van der Waals surface area contributed by atoms with Gasteiger partial charge in [0.15, 0.2) is 0 Å². The highest BCUT2D eigenvalue weighted by Crippen LogP contribution is 2.56. The number of nitriles is 1. The van der Waals surface area contributed by atoms with Crippen molar-refractivity contribution in [3.05, 3.63) is 28.8 Å². The summed E-state index contributed by atoms with van der Waals surface area (Å²) >= 11 is 6.35. The summed E-state index contributed by atoms with van der Waals surface area (Å²) < 4.78 is 0. The van der Waals surface area contributed by atoms with Gasteiger partial charge in [0.05, 0.1) is 28.1 Å². The summed E-state index contributed by atoms with van der Waals surface area (Å²) in [5, 5.41) is 21.9. The molecule has 2 heterocycles. The van der Waals surface area contributed by atoms with E-state index in [1.807, 2.05) is 17.0 Å². The molecule has 1 aromatic carbocycles. The van der Waals surface area contributed by atoms with Gasteiger partial charge in [0.25, 0.3) is 0 Å². The molecular weight excluding hydrogens is 360 g/mol. The Kier molecular flexibility index (Phi) is 4.43. The van der Waals surface area contributed by atoms with Crippen molar-refractivity contribution in [3.8, 4) is 6.07 Å². The van der Waals surface area contributed by atoms with Crippen LogP contribution in [-0.4, -0.2) is 35.7 Å². The van der Waals surface area contributed by atoms with Gasteiger partial charge in [-0.05, 0) is 57.1 Å². The van der Waals surface area contributed by atoms with Gasteiger partial charge in [0.2, 0.25) is 5.91 Å². The summed E-state index contributed by atoms with van der Waals surface area (Å²) in [6.45, 7) is 1.80. The molecule has 2 aliphatic heterocycles. The van der Waals surface area contributed by atoms with Crippen molar-refractivity contribution < 1.29 is 4.79 Å². The van der Waals surface area contributed by atoms with Crippen molar-refractivity contribution in [1.82, 2.24) is 4.90 Å². The SMILES string of the molecule is CNc1cccc(Cl)c1C(=N)C(C)C(=O)N1C2CC3CC1CC(C#N)(C3)C2. The molecule has 5 nitrogen and oxygen atoms in total. The molecule has 0 aromatic heterocycles. The van der Waals surface area contributed by atoms with Crippen LogP contribution in [0.2, 0.25) is 5.02 Å². The third-order valence-electron chi connectivity index (χ3n) is 6.78. The third-order valence-corrected chi connectivity index (χ3v) is 7.09. The fourth-order valence-corrected chi connectivity index (χ4v) is 5.97. The van der Waals surface area contributed by atoms with Crippen LogP contribution in [0.4, 0.5) is 5.69 Å². The molecule has 2 aliphatic carbocycles. The van der Waals surface area contributed by atoms with Gasteiger partial charge in [-0.25, -0.2) is 0 Å². The third kappa shape index (κ3) is 2.82. The van der Waals surface area contributed by atoms with Crippen LogP contribution in [0, 0.1) is 34.0 Å². The van der Waals surface area contributed by atoms with Crippen LogP contribution in [0.15, 0.2) is 18.2 Å². The molecule has 0 spiro atoms. The van der Waals surface area contributed by atoms with E-state index in [1.165, 1.54) is 0 Å². The van der Waals surface area contributed by atoms with Crippen LogP contribution >= 0.6 is 11.6 Å². The molecule has 2 saturated heterocycles. The summed E-state index contributed by atoms with van der Waals surface area (Å²) in [5.41, 5.74) is 1.38. The number of amides is 1. The Hall–Kier alpha value is -2.06. The Labute approximate surface area is 165 Å². The molecular formula is C21H25ClN4O. The normalized spacial score (nSPS) is 32.1. The molecule has 27 heavy (non-hydrogen) atoms. The minimum Gasteiger partial charge on any atom is -0.388 e. The number of benzene rings is 1. The van der Waals surface area contributed by atoms with E-state index >= 15 is 0 Å². The first-order valence-electron chi connectivity index (χ1n) is 9.67. The van der Waals surface area contributed by atoms with Crippen LogP contribution in [-0.2, 0) is 4.79 Å². The van der Waals surface area contributed by atoms with Crippen molar-refractivity contribution in [2.45, 2.75) is 51.1 Å². The maximum Gasteiger partial charge on any atom is 0.231 e. The van der Waals surface area contributed by atoms with E-state index in [2.05, 4.69) is 11.4 Å². The van der Waals surface area contributed by atoms with E-state index in [-0.39, 0.29) is 29.1 Å². The minimum atomic E-state index is -0.562. The quantitative estimate of drug-likeness (QED) is 0.768. The highest BCUT2D eigenvalue weighted by Gasteiger charge is 2.56. The number of carbonyl (C=O) groups is 1. The first-order valence-corrected chi connectivity index (χ1v) is 10.1. The maximum absolute atomic E-state index is 13.4. The summed E-state index contributed by atoms with van der Waals surface area (Å²) in [5.74, 6) is 0.0110. The second kappa shape index (κ2) is 6.53. The summed E-state index contributed by atoms with van der Waals surface area (Å²) in [7, 11) is 1.79. The fraction of sp³-hybridized carbons (Fsp3) is 0.571. The Morgan fingerprint density at radius 3 is 2.63 bits per heavy atom. The van der Waals surface area contributed by atoms with E-state index in [4.69, 9.17) is 17.0 Å². The lowest BCUT2D eigenvalue weighted by Crippen LogP contribution is -2.64. The van der Waals surface area contributed by atoms with Crippen molar-refractivity contribution >= 4 is 28.9 Å². The molecule has 3 atom stereocenters. The topological polar surface area (TPSA) is 80.0 Å². The number of hydrogen-bond acceptors (Lipinski definition) is 4. The predicted molar refractivity (Wildman–Crippen MR) is 106 cm³/mol. The van der Waals surface area contributed by atoms with Gasteiger partial charge in [-0.15, -0.1) is 0 Å². The van der Waals surface area contributed by atoms with Gasteiger partial charge >= 0.3 is 0 Å². The van der Waals surface area contributed by atoms with Crippen LogP contribution in [0.1, 0.15) is 44.6 Å². The largest absolute Gasteiger partial charge is 0.388 e. The molecule has 142 valence electrons. The Morgan fingerprint density at radius 2 is 2.04 bits per heavy atom. The summed E-state index contributed by atoms with van der Waals surface area (Å²) in [4.78, 5) is 15.4. The number of nitrogens with one attached hydrogen (secondary N) is 2. The zero-order valence-electron chi connectivity index (χ0n) is 15.8. The molecule has 3 unspecified atom stereocenters. The summed E-state index contributed by atoms with van der Waals surface area (Å²) in [6, 6.07) is 8.31. The molecule has 4 aliphatic rings. The zero-order valence-corrected chi connectivity index (χ0v) is 16.5. The average Bonchev–Trinajstić information content (AvgIpc) is 2.65. The summed E-state index contributed by atoms with van der Waals surface area (Å²) in [6.07, 6.45) is 4.57. The highest BCUT2D eigenvalue weighted by atomic mass is 35.5. The zero-order chi connectivity index (χ0) is 19.3. The van der Waals surface area contributed by atoms with Gasteiger partial charge in [-0.3, -0.25) is 4.79 Å². The molecule has 4 bridgehead atoms. The smallest absolute Gasteiger partial charge is 0.231 e. The molecule has 5 rings (SSSR count). The lowest BCUT2D eigenvalue weighted by atomic mass is 9.56. The molecule has 1 aromatic rings. The molecule has 6 heteroatoms. The number of anilines is 1. The Balaban J connectivity index is 1.59. The molecule has 4 fully saturated rings. The second-order valence-electron chi connectivity index (χ2n) is 8.44. The number of nitrogens with zero attached hydrogens (tertiary/aromatic N) is 2.